The van der Waals surface area contributed by atoms with Crippen LogP contribution < -0.4 is 11.3 Å². The number of benzene rings is 1. The zero-order chi connectivity index (χ0) is 20.7. The van der Waals surface area contributed by atoms with E-state index < -0.39 is 0 Å². The molecule has 7 nitrogen and oxygen atoms in total. The third-order valence-electron chi connectivity index (χ3n) is 6.24. The summed E-state index contributed by atoms with van der Waals surface area (Å²) in [6.45, 7) is 4.38. The Hall–Kier alpha value is -2.93. The summed E-state index contributed by atoms with van der Waals surface area (Å²) in [4.78, 5) is 40.8. The molecule has 2 amide bonds. The van der Waals surface area contributed by atoms with Crippen molar-refractivity contribution in [2.45, 2.75) is 13.0 Å². The molecular formula is C22H26N4O3. The van der Waals surface area contributed by atoms with Gasteiger partial charge in [0, 0.05) is 50.4 Å². The van der Waals surface area contributed by atoms with E-state index in [1.807, 2.05) is 17.0 Å². The maximum absolute atomic E-state index is 13.4. The van der Waals surface area contributed by atoms with Gasteiger partial charge in [-0.3, -0.25) is 19.3 Å². The molecule has 1 aromatic heterocycles. The fourth-order valence-electron chi connectivity index (χ4n) is 4.86. The second kappa shape index (κ2) is 7.48. The lowest BCUT2D eigenvalue weighted by atomic mass is 9.87. The maximum Gasteiger partial charge on any atom is 0.254 e. The first-order chi connectivity index (χ1) is 13.8. The highest BCUT2D eigenvalue weighted by atomic mass is 16.2. The van der Waals surface area contributed by atoms with Gasteiger partial charge in [-0.05, 0) is 30.0 Å². The highest BCUT2D eigenvalue weighted by Crippen LogP contribution is 2.46. The molecular weight excluding hydrogens is 368 g/mol. The van der Waals surface area contributed by atoms with Crippen molar-refractivity contribution in [3.8, 4) is 0 Å². The van der Waals surface area contributed by atoms with Gasteiger partial charge in [-0.15, -0.1) is 0 Å². The van der Waals surface area contributed by atoms with Crippen molar-refractivity contribution in [1.82, 2.24) is 14.4 Å². The number of pyridine rings is 1. The van der Waals surface area contributed by atoms with Crippen LogP contribution in [0.25, 0.3) is 0 Å². The van der Waals surface area contributed by atoms with E-state index in [9.17, 15) is 14.4 Å². The number of carbonyl (C=O) groups is 2. The molecule has 2 saturated heterocycles. The second-order valence-electron chi connectivity index (χ2n) is 8.21. The summed E-state index contributed by atoms with van der Waals surface area (Å²) in [7, 11) is 1.67. The smallest absolute Gasteiger partial charge is 0.254 e. The molecule has 2 fully saturated rings. The predicted molar refractivity (Wildman–Crippen MR) is 109 cm³/mol. The standard InChI is InChI=1S/C22H26N4O3/c1-14-5-3-4-6-17(14)21-18-12-25(13-19(23)27)10-16(18)11-26(21)22(29)15-7-8-24(2)20(28)9-15/h3-9,16,18,21H,10-13H2,1-2H3,(H2,23,27)/t16-,18-,21+/m0/s1. The van der Waals surface area contributed by atoms with Crippen molar-refractivity contribution < 1.29 is 9.59 Å². The fourth-order valence-corrected chi connectivity index (χ4v) is 4.86. The normalized spacial score (nSPS) is 23.9. The summed E-state index contributed by atoms with van der Waals surface area (Å²) in [5, 5.41) is 0. The molecule has 0 unspecified atom stereocenters. The van der Waals surface area contributed by atoms with Gasteiger partial charge in [0.1, 0.15) is 0 Å². The van der Waals surface area contributed by atoms with Crippen LogP contribution in [0.15, 0.2) is 47.4 Å². The van der Waals surface area contributed by atoms with E-state index >= 15 is 0 Å². The first-order valence-corrected chi connectivity index (χ1v) is 9.89. The molecule has 3 heterocycles. The topological polar surface area (TPSA) is 88.6 Å². The molecule has 0 saturated carbocycles. The molecule has 1 aromatic carbocycles. The fraction of sp³-hybridized carbons (Fsp3) is 0.409. The lowest BCUT2D eigenvalue weighted by molar-refractivity contribution is -0.119. The number of hydrogen-bond donors (Lipinski definition) is 1. The largest absolute Gasteiger partial charge is 0.369 e. The number of nitrogens with two attached hydrogens (primary N) is 1. The van der Waals surface area contributed by atoms with E-state index in [0.29, 0.717) is 12.1 Å². The van der Waals surface area contributed by atoms with Crippen molar-refractivity contribution in [3.63, 3.8) is 0 Å². The maximum atomic E-state index is 13.4. The molecule has 2 aliphatic rings. The van der Waals surface area contributed by atoms with Crippen LogP contribution in [0.2, 0.25) is 0 Å². The molecule has 3 atom stereocenters. The lowest BCUT2D eigenvalue weighted by Crippen LogP contribution is -2.38. The highest BCUT2D eigenvalue weighted by Gasteiger charge is 2.49. The van der Waals surface area contributed by atoms with Crippen LogP contribution in [0.3, 0.4) is 0 Å². The van der Waals surface area contributed by atoms with E-state index in [1.165, 1.54) is 10.6 Å². The Balaban J connectivity index is 1.69. The first kappa shape index (κ1) is 19.4. The monoisotopic (exact) mass is 394 g/mol. The zero-order valence-corrected chi connectivity index (χ0v) is 16.7. The Morgan fingerprint density at radius 1 is 1.14 bits per heavy atom. The Morgan fingerprint density at radius 2 is 1.90 bits per heavy atom. The van der Waals surface area contributed by atoms with Gasteiger partial charge in [-0.2, -0.15) is 0 Å². The molecule has 2 aromatic rings. The minimum Gasteiger partial charge on any atom is -0.369 e. The number of likely N-dealkylation sites (tertiary alicyclic amines) is 2. The average molecular weight is 394 g/mol. The van der Waals surface area contributed by atoms with Crippen LogP contribution in [0.4, 0.5) is 0 Å². The number of carbonyl (C=O) groups excluding carboxylic acids is 2. The van der Waals surface area contributed by atoms with E-state index in [-0.39, 0.29) is 41.8 Å². The van der Waals surface area contributed by atoms with Crippen molar-refractivity contribution in [2.24, 2.45) is 24.6 Å². The predicted octanol–water partition coefficient (Wildman–Crippen LogP) is 0.924. The van der Waals surface area contributed by atoms with Gasteiger partial charge in [0.15, 0.2) is 0 Å². The Bertz CT molecular complexity index is 1020. The number of rotatable bonds is 4. The molecule has 0 bridgehead atoms. The molecule has 152 valence electrons. The molecule has 2 aliphatic heterocycles. The average Bonchev–Trinajstić information content (AvgIpc) is 3.20. The van der Waals surface area contributed by atoms with E-state index in [1.54, 1.807) is 19.3 Å². The molecule has 7 heteroatoms. The van der Waals surface area contributed by atoms with Gasteiger partial charge in [0.2, 0.25) is 5.91 Å². The number of primary amides is 1. The highest BCUT2D eigenvalue weighted by molar-refractivity contribution is 5.94. The summed E-state index contributed by atoms with van der Waals surface area (Å²) in [5.74, 6) is 0.0534. The SMILES string of the molecule is Cc1ccccc1[C@@H]1[C@H]2CN(CC(N)=O)C[C@H]2CN1C(=O)c1ccn(C)c(=O)c1. The van der Waals surface area contributed by atoms with Gasteiger partial charge in [-0.25, -0.2) is 0 Å². The number of aromatic nitrogens is 1. The van der Waals surface area contributed by atoms with Crippen molar-refractivity contribution in [3.05, 3.63) is 69.6 Å². The van der Waals surface area contributed by atoms with Crippen molar-refractivity contribution in [1.29, 1.82) is 0 Å². The Labute approximate surface area is 169 Å². The van der Waals surface area contributed by atoms with Crippen LogP contribution >= 0.6 is 0 Å². The van der Waals surface area contributed by atoms with Crippen molar-refractivity contribution >= 4 is 11.8 Å². The molecule has 0 aliphatic carbocycles. The van der Waals surface area contributed by atoms with Crippen LogP contribution in [0, 0.1) is 18.8 Å². The quantitative estimate of drug-likeness (QED) is 0.835. The third-order valence-corrected chi connectivity index (χ3v) is 6.24. The van der Waals surface area contributed by atoms with Gasteiger partial charge in [0.05, 0.1) is 12.6 Å². The van der Waals surface area contributed by atoms with Gasteiger partial charge in [-0.1, -0.05) is 24.3 Å². The molecule has 0 spiro atoms. The third kappa shape index (κ3) is 3.58. The minimum atomic E-state index is -0.328. The second-order valence-corrected chi connectivity index (χ2v) is 8.21. The van der Waals surface area contributed by atoms with Crippen LogP contribution in [-0.2, 0) is 11.8 Å². The summed E-state index contributed by atoms with van der Waals surface area (Å²) in [6, 6.07) is 11.1. The zero-order valence-electron chi connectivity index (χ0n) is 16.7. The van der Waals surface area contributed by atoms with E-state index in [4.69, 9.17) is 5.73 Å². The van der Waals surface area contributed by atoms with Crippen LogP contribution in [0.5, 0.6) is 0 Å². The summed E-state index contributed by atoms with van der Waals surface area (Å²) < 4.78 is 1.45. The van der Waals surface area contributed by atoms with Crippen LogP contribution in [0.1, 0.15) is 27.5 Å². The van der Waals surface area contributed by atoms with E-state index in [2.05, 4.69) is 24.0 Å². The van der Waals surface area contributed by atoms with Gasteiger partial charge < -0.3 is 15.2 Å². The minimum absolute atomic E-state index is 0.0874. The molecule has 29 heavy (non-hydrogen) atoms. The van der Waals surface area contributed by atoms with Crippen LogP contribution in [-0.4, -0.2) is 52.4 Å². The number of hydrogen-bond acceptors (Lipinski definition) is 4. The number of nitrogens with zero attached hydrogens (tertiary/aromatic N) is 3. The first-order valence-electron chi connectivity index (χ1n) is 9.89. The van der Waals surface area contributed by atoms with Crippen molar-refractivity contribution in [2.75, 3.05) is 26.2 Å². The number of fused-ring (bicyclic) bond motifs is 1. The Morgan fingerprint density at radius 3 is 2.59 bits per heavy atom. The van der Waals surface area contributed by atoms with E-state index in [0.717, 1.165) is 24.2 Å². The summed E-state index contributed by atoms with van der Waals surface area (Å²) in [6.07, 6.45) is 1.63. The number of aryl methyl sites for hydroxylation is 2. The molecule has 0 radical (unpaired) electrons. The van der Waals surface area contributed by atoms with Gasteiger partial charge in [0.25, 0.3) is 11.5 Å². The number of amides is 2. The van der Waals surface area contributed by atoms with Gasteiger partial charge >= 0.3 is 0 Å². The lowest BCUT2D eigenvalue weighted by Gasteiger charge is -2.31. The molecule has 2 N–H and O–H groups in total. The Kier molecular flexibility index (Phi) is 5.00. The summed E-state index contributed by atoms with van der Waals surface area (Å²) >= 11 is 0. The molecule has 4 rings (SSSR count). The summed E-state index contributed by atoms with van der Waals surface area (Å²) in [5.41, 5.74) is 7.87.